The molecule has 5 rings (SSSR count). The molecule has 166 valence electrons. The van der Waals surface area contributed by atoms with Crippen molar-refractivity contribution in [3.8, 4) is 22.8 Å². The molecule has 0 unspecified atom stereocenters. The standard InChI is InChI=1S/C22H21N3O5S2/c1-25(16-5-6-16)32(27,28)17-7-2-14(3-8-17)21(26)24-22-23-18(13-31-22)15-4-9-19-20(12-15)30-11-10-29-19/h2-4,7-9,12-13,16H,5-6,10-11H2,1H3,(H,23,24,26). The van der Waals surface area contributed by atoms with Gasteiger partial charge in [0.05, 0.1) is 10.6 Å². The van der Waals surface area contributed by atoms with Gasteiger partial charge in [0.15, 0.2) is 16.6 Å². The second-order valence-corrected chi connectivity index (χ2v) is 10.5. The van der Waals surface area contributed by atoms with E-state index >= 15 is 0 Å². The van der Waals surface area contributed by atoms with Crippen molar-refractivity contribution in [2.24, 2.45) is 0 Å². The fourth-order valence-corrected chi connectivity index (χ4v) is 5.55. The third-order valence-electron chi connectivity index (χ3n) is 5.42. The first-order chi connectivity index (χ1) is 15.4. The summed E-state index contributed by atoms with van der Waals surface area (Å²) in [6.07, 6.45) is 1.77. The van der Waals surface area contributed by atoms with Crippen LogP contribution in [0.15, 0.2) is 52.7 Å². The Labute approximate surface area is 189 Å². The number of ether oxygens (including phenoxy) is 2. The van der Waals surface area contributed by atoms with Gasteiger partial charge < -0.3 is 9.47 Å². The zero-order valence-corrected chi connectivity index (χ0v) is 18.9. The molecule has 1 saturated carbocycles. The van der Waals surface area contributed by atoms with Gasteiger partial charge in [0.2, 0.25) is 10.0 Å². The van der Waals surface area contributed by atoms with Crippen LogP contribution in [0.5, 0.6) is 11.5 Å². The Morgan fingerprint density at radius 3 is 2.53 bits per heavy atom. The number of nitrogens with zero attached hydrogens (tertiary/aromatic N) is 2. The quantitative estimate of drug-likeness (QED) is 0.590. The first kappa shape index (κ1) is 20.9. The Hall–Kier alpha value is -2.95. The maximum absolute atomic E-state index is 12.6. The molecule has 0 radical (unpaired) electrons. The van der Waals surface area contributed by atoms with Gasteiger partial charge in [-0.15, -0.1) is 11.3 Å². The number of hydrogen-bond acceptors (Lipinski definition) is 7. The molecule has 1 aliphatic heterocycles. The zero-order chi connectivity index (χ0) is 22.3. The van der Waals surface area contributed by atoms with E-state index in [1.54, 1.807) is 7.05 Å². The number of benzene rings is 2. The average Bonchev–Trinajstić information content (AvgIpc) is 3.56. The molecule has 1 amide bonds. The van der Waals surface area contributed by atoms with Gasteiger partial charge in [-0.2, -0.15) is 4.31 Å². The average molecular weight is 472 g/mol. The first-order valence-electron chi connectivity index (χ1n) is 10.2. The fourth-order valence-electron chi connectivity index (χ4n) is 3.41. The summed E-state index contributed by atoms with van der Waals surface area (Å²) < 4.78 is 37.8. The van der Waals surface area contributed by atoms with Crippen LogP contribution < -0.4 is 14.8 Å². The number of sulfonamides is 1. The number of anilines is 1. The van der Waals surface area contributed by atoms with Crippen LogP contribution in [-0.4, -0.2) is 49.9 Å². The van der Waals surface area contributed by atoms with Crippen molar-refractivity contribution in [3.63, 3.8) is 0 Å². The Morgan fingerprint density at radius 1 is 1.09 bits per heavy atom. The molecule has 2 aliphatic rings. The monoisotopic (exact) mass is 471 g/mol. The second kappa shape index (κ2) is 8.19. The van der Waals surface area contributed by atoms with E-state index < -0.39 is 10.0 Å². The molecule has 3 aromatic rings. The van der Waals surface area contributed by atoms with Gasteiger partial charge in [-0.3, -0.25) is 10.1 Å². The van der Waals surface area contributed by atoms with E-state index in [-0.39, 0.29) is 16.8 Å². The molecule has 32 heavy (non-hydrogen) atoms. The minimum atomic E-state index is -3.54. The summed E-state index contributed by atoms with van der Waals surface area (Å²) in [5, 5.41) is 5.07. The van der Waals surface area contributed by atoms with Gasteiger partial charge in [-0.05, 0) is 55.3 Å². The topological polar surface area (TPSA) is 97.8 Å². The molecule has 2 heterocycles. The van der Waals surface area contributed by atoms with Gasteiger partial charge >= 0.3 is 0 Å². The maximum atomic E-state index is 12.6. The Morgan fingerprint density at radius 2 is 1.81 bits per heavy atom. The zero-order valence-electron chi connectivity index (χ0n) is 17.3. The van der Waals surface area contributed by atoms with Gasteiger partial charge in [0, 0.05) is 29.6 Å². The molecule has 1 N–H and O–H groups in total. The summed E-state index contributed by atoms with van der Waals surface area (Å²) in [5.41, 5.74) is 1.93. The number of rotatable bonds is 6. The summed E-state index contributed by atoms with van der Waals surface area (Å²) in [6.45, 7) is 1.04. The van der Waals surface area contributed by atoms with E-state index in [2.05, 4.69) is 10.3 Å². The number of fused-ring (bicyclic) bond motifs is 1. The molecule has 0 spiro atoms. The van der Waals surface area contributed by atoms with Gasteiger partial charge in [-0.25, -0.2) is 13.4 Å². The highest BCUT2D eigenvalue weighted by Gasteiger charge is 2.35. The van der Waals surface area contributed by atoms with Gasteiger partial charge in [-0.1, -0.05) is 0 Å². The summed E-state index contributed by atoms with van der Waals surface area (Å²) >= 11 is 1.31. The number of carbonyl (C=O) groups excluding carboxylic acids is 1. The molecule has 1 fully saturated rings. The number of carbonyl (C=O) groups is 1. The fraction of sp³-hybridized carbons (Fsp3) is 0.273. The number of hydrogen-bond donors (Lipinski definition) is 1. The normalized spacial score (nSPS) is 15.6. The summed E-state index contributed by atoms with van der Waals surface area (Å²) in [4.78, 5) is 17.3. The lowest BCUT2D eigenvalue weighted by Crippen LogP contribution is -2.29. The third-order valence-corrected chi connectivity index (χ3v) is 8.10. The summed E-state index contributed by atoms with van der Waals surface area (Å²) in [7, 11) is -1.95. The predicted octanol–water partition coefficient (Wildman–Crippen LogP) is 3.62. The molecule has 10 heteroatoms. The highest BCUT2D eigenvalue weighted by atomic mass is 32.2. The van der Waals surface area contributed by atoms with Crippen LogP contribution >= 0.6 is 11.3 Å². The number of amides is 1. The highest BCUT2D eigenvalue weighted by Crippen LogP contribution is 2.35. The number of thiazole rings is 1. The smallest absolute Gasteiger partial charge is 0.257 e. The van der Waals surface area contributed by atoms with Crippen molar-refractivity contribution < 1.29 is 22.7 Å². The molecule has 1 aliphatic carbocycles. The minimum Gasteiger partial charge on any atom is -0.486 e. The maximum Gasteiger partial charge on any atom is 0.257 e. The van der Waals surface area contributed by atoms with E-state index in [0.29, 0.717) is 41.1 Å². The van der Waals surface area contributed by atoms with Crippen LogP contribution in [0.25, 0.3) is 11.3 Å². The van der Waals surface area contributed by atoms with E-state index in [0.717, 1.165) is 18.4 Å². The summed E-state index contributed by atoms with van der Waals surface area (Å²) in [5.74, 6) is 1.03. The van der Waals surface area contributed by atoms with Crippen molar-refractivity contribution in [2.75, 3.05) is 25.6 Å². The van der Waals surface area contributed by atoms with Crippen molar-refractivity contribution in [1.82, 2.24) is 9.29 Å². The minimum absolute atomic E-state index is 0.0799. The lowest BCUT2D eigenvalue weighted by molar-refractivity contribution is 0.102. The van der Waals surface area contributed by atoms with Crippen molar-refractivity contribution in [2.45, 2.75) is 23.8 Å². The van der Waals surface area contributed by atoms with Crippen LogP contribution in [0.1, 0.15) is 23.2 Å². The van der Waals surface area contributed by atoms with Crippen LogP contribution in [0.4, 0.5) is 5.13 Å². The Balaban J connectivity index is 1.28. The van der Waals surface area contributed by atoms with Gasteiger partial charge in [0.25, 0.3) is 5.91 Å². The molecular formula is C22H21N3O5S2. The van der Waals surface area contributed by atoms with Crippen LogP contribution in [0, 0.1) is 0 Å². The Kier molecular flexibility index (Phi) is 5.36. The SMILES string of the molecule is CN(C1CC1)S(=O)(=O)c1ccc(C(=O)Nc2nc(-c3ccc4c(c3)OCCO4)cs2)cc1. The molecule has 1 aromatic heterocycles. The van der Waals surface area contributed by atoms with E-state index in [1.807, 2.05) is 23.6 Å². The van der Waals surface area contributed by atoms with Crippen LogP contribution in [0.2, 0.25) is 0 Å². The molecular weight excluding hydrogens is 450 g/mol. The predicted molar refractivity (Wildman–Crippen MR) is 121 cm³/mol. The van der Waals surface area contributed by atoms with Gasteiger partial charge in [0.1, 0.15) is 13.2 Å². The Bertz CT molecular complexity index is 1270. The second-order valence-electron chi connectivity index (χ2n) is 7.63. The largest absolute Gasteiger partial charge is 0.486 e. The van der Waals surface area contributed by atoms with Crippen LogP contribution in [-0.2, 0) is 10.0 Å². The van der Waals surface area contributed by atoms with E-state index in [1.165, 1.54) is 39.9 Å². The highest BCUT2D eigenvalue weighted by molar-refractivity contribution is 7.89. The van der Waals surface area contributed by atoms with Crippen molar-refractivity contribution in [3.05, 3.63) is 53.4 Å². The molecule has 0 saturated heterocycles. The molecule has 0 atom stereocenters. The number of aromatic nitrogens is 1. The van der Waals surface area contributed by atoms with E-state index in [9.17, 15) is 13.2 Å². The lowest BCUT2D eigenvalue weighted by Gasteiger charge is -2.18. The first-order valence-corrected chi connectivity index (χ1v) is 12.5. The van der Waals surface area contributed by atoms with Crippen molar-refractivity contribution in [1.29, 1.82) is 0 Å². The molecule has 0 bridgehead atoms. The number of nitrogens with one attached hydrogen (secondary N) is 1. The lowest BCUT2D eigenvalue weighted by atomic mass is 10.1. The summed E-state index contributed by atoms with van der Waals surface area (Å²) in [6, 6.07) is 11.6. The van der Waals surface area contributed by atoms with E-state index in [4.69, 9.17) is 9.47 Å². The molecule has 8 nitrogen and oxygen atoms in total. The van der Waals surface area contributed by atoms with Crippen molar-refractivity contribution >= 4 is 32.4 Å². The van der Waals surface area contributed by atoms with Crippen LogP contribution in [0.3, 0.4) is 0 Å². The molecule has 2 aromatic carbocycles. The third kappa shape index (κ3) is 4.08.